The Morgan fingerprint density at radius 3 is 1.97 bits per heavy atom. The molecule has 168 valence electrons. The largest absolute Gasteiger partial charge is 0.573 e. The van der Waals surface area contributed by atoms with Crippen LogP contribution in [0.1, 0.15) is 22.7 Å². The number of hydrogen-bond acceptors (Lipinski definition) is 3. The van der Waals surface area contributed by atoms with Crippen LogP contribution in [0.2, 0.25) is 0 Å². The highest BCUT2D eigenvalue weighted by Crippen LogP contribution is 2.35. The number of nitrogens with zero attached hydrogens (tertiary/aromatic N) is 1. The fourth-order valence-electron chi connectivity index (χ4n) is 3.29. The Labute approximate surface area is 182 Å². The highest BCUT2D eigenvalue weighted by Gasteiger charge is 2.33. The van der Waals surface area contributed by atoms with Crippen LogP contribution >= 0.6 is 24.8 Å². The van der Waals surface area contributed by atoms with Crippen molar-refractivity contribution in [1.82, 2.24) is 10.2 Å². The Hall–Kier alpha value is -1.68. The molecule has 0 bridgehead atoms. The van der Waals surface area contributed by atoms with Gasteiger partial charge in [-0.15, -0.1) is 38.0 Å². The van der Waals surface area contributed by atoms with Gasteiger partial charge in [-0.25, -0.2) is 0 Å². The molecule has 1 heterocycles. The van der Waals surface area contributed by atoms with E-state index in [1.807, 2.05) is 4.90 Å². The van der Waals surface area contributed by atoms with Crippen molar-refractivity contribution in [2.75, 3.05) is 26.2 Å². The van der Waals surface area contributed by atoms with Crippen LogP contribution in [-0.2, 0) is 6.18 Å². The average Bonchev–Trinajstić information content (AvgIpc) is 2.63. The number of benzene rings is 2. The molecule has 0 spiro atoms. The normalized spacial score (nSPS) is 16.2. The monoisotopic (exact) mass is 476 g/mol. The van der Waals surface area contributed by atoms with Crippen LogP contribution in [0.5, 0.6) is 5.75 Å². The zero-order chi connectivity index (χ0) is 20.4. The summed E-state index contributed by atoms with van der Waals surface area (Å²) < 4.78 is 80.4. The molecule has 0 aliphatic carbocycles. The van der Waals surface area contributed by atoms with E-state index >= 15 is 0 Å². The van der Waals surface area contributed by atoms with Crippen molar-refractivity contribution in [3.63, 3.8) is 0 Å². The van der Waals surface area contributed by atoms with Gasteiger partial charge >= 0.3 is 12.5 Å². The molecule has 3 rings (SSSR count). The Bertz CT molecular complexity index is 793. The van der Waals surface area contributed by atoms with Gasteiger partial charge in [0.25, 0.3) is 0 Å². The number of rotatable bonds is 4. The average molecular weight is 477 g/mol. The number of nitrogens with one attached hydrogen (secondary N) is 1. The first-order valence-electron chi connectivity index (χ1n) is 8.61. The summed E-state index contributed by atoms with van der Waals surface area (Å²) in [5, 5.41) is 3.18. The van der Waals surface area contributed by atoms with Crippen molar-refractivity contribution in [3.8, 4) is 5.75 Å². The predicted molar refractivity (Wildman–Crippen MR) is 105 cm³/mol. The quantitative estimate of drug-likeness (QED) is 0.594. The molecule has 3 nitrogen and oxygen atoms in total. The van der Waals surface area contributed by atoms with E-state index in [1.165, 1.54) is 30.3 Å². The number of alkyl halides is 6. The molecular weight excluding hydrogens is 457 g/mol. The van der Waals surface area contributed by atoms with Crippen LogP contribution < -0.4 is 10.1 Å². The summed E-state index contributed by atoms with van der Waals surface area (Å²) in [6.07, 6.45) is -9.28. The molecule has 11 heteroatoms. The fraction of sp³-hybridized carbons (Fsp3) is 0.368. The summed E-state index contributed by atoms with van der Waals surface area (Å²) in [6.45, 7) is 2.54. The maximum atomic E-state index is 13.1. The Morgan fingerprint density at radius 1 is 0.833 bits per heavy atom. The van der Waals surface area contributed by atoms with E-state index in [1.54, 1.807) is 6.07 Å². The molecule has 0 aromatic heterocycles. The van der Waals surface area contributed by atoms with Crippen LogP contribution in [-0.4, -0.2) is 37.4 Å². The van der Waals surface area contributed by atoms with E-state index in [9.17, 15) is 26.3 Å². The third-order valence-corrected chi connectivity index (χ3v) is 4.48. The molecule has 0 radical (unpaired) electrons. The van der Waals surface area contributed by atoms with Gasteiger partial charge in [0, 0.05) is 26.2 Å². The van der Waals surface area contributed by atoms with Crippen molar-refractivity contribution in [1.29, 1.82) is 0 Å². The zero-order valence-corrected chi connectivity index (χ0v) is 17.1. The second-order valence-electron chi connectivity index (χ2n) is 6.43. The lowest BCUT2D eigenvalue weighted by Crippen LogP contribution is -2.45. The van der Waals surface area contributed by atoms with Crippen LogP contribution in [0.3, 0.4) is 0 Å². The highest BCUT2D eigenvalue weighted by atomic mass is 35.5. The van der Waals surface area contributed by atoms with Gasteiger partial charge in [-0.3, -0.25) is 4.90 Å². The molecule has 1 aliphatic heterocycles. The van der Waals surface area contributed by atoms with Crippen molar-refractivity contribution in [3.05, 3.63) is 65.2 Å². The Balaban J connectivity index is 0.00000225. The van der Waals surface area contributed by atoms with Crippen molar-refractivity contribution < 1.29 is 31.1 Å². The second kappa shape index (κ2) is 10.6. The van der Waals surface area contributed by atoms with Crippen LogP contribution in [0.15, 0.2) is 48.5 Å². The smallest absolute Gasteiger partial charge is 0.406 e. The van der Waals surface area contributed by atoms with Gasteiger partial charge in [-0.05, 0) is 35.4 Å². The van der Waals surface area contributed by atoms with E-state index in [0.29, 0.717) is 37.3 Å². The number of hydrogen-bond donors (Lipinski definition) is 1. The number of halogens is 8. The van der Waals surface area contributed by atoms with E-state index in [-0.39, 0.29) is 30.6 Å². The van der Waals surface area contributed by atoms with Crippen molar-refractivity contribution >= 4 is 24.8 Å². The van der Waals surface area contributed by atoms with Gasteiger partial charge < -0.3 is 10.1 Å². The molecule has 2 aromatic carbocycles. The molecule has 1 fully saturated rings. The SMILES string of the molecule is Cl.Cl.FC(F)(F)Oc1ccc([C@H](c2cccc(C(F)(F)F)c2)N2CCNCC2)cc1. The van der Waals surface area contributed by atoms with Gasteiger partial charge in [-0.1, -0.05) is 24.3 Å². The van der Waals surface area contributed by atoms with Gasteiger partial charge in [0.05, 0.1) is 11.6 Å². The second-order valence-corrected chi connectivity index (χ2v) is 6.43. The first-order chi connectivity index (χ1) is 13.1. The molecular formula is C19H20Cl2F6N2O. The van der Waals surface area contributed by atoms with Crippen molar-refractivity contribution in [2.24, 2.45) is 0 Å². The lowest BCUT2D eigenvalue weighted by atomic mass is 9.95. The number of ether oxygens (including phenoxy) is 1. The van der Waals surface area contributed by atoms with Crippen molar-refractivity contribution in [2.45, 2.75) is 18.6 Å². The summed E-state index contributed by atoms with van der Waals surface area (Å²) in [5.41, 5.74) is 0.263. The van der Waals surface area contributed by atoms with E-state index in [0.717, 1.165) is 12.1 Å². The molecule has 30 heavy (non-hydrogen) atoms. The molecule has 1 N–H and O–H groups in total. The maximum absolute atomic E-state index is 13.1. The summed E-state index contributed by atoms with van der Waals surface area (Å²) in [7, 11) is 0. The van der Waals surface area contributed by atoms with Crippen LogP contribution in [0.25, 0.3) is 0 Å². The first kappa shape index (κ1) is 26.4. The summed E-state index contributed by atoms with van der Waals surface area (Å²) in [5.74, 6) is -0.376. The minimum atomic E-state index is -4.81. The molecule has 0 saturated carbocycles. The van der Waals surface area contributed by atoms with Crippen LogP contribution in [0.4, 0.5) is 26.3 Å². The van der Waals surface area contributed by atoms with Gasteiger partial charge in [0.1, 0.15) is 5.75 Å². The third kappa shape index (κ3) is 6.94. The molecule has 2 aromatic rings. The molecule has 0 amide bonds. The van der Waals surface area contributed by atoms with E-state index < -0.39 is 24.1 Å². The summed E-state index contributed by atoms with van der Waals surface area (Å²) >= 11 is 0. The molecule has 1 aliphatic rings. The maximum Gasteiger partial charge on any atom is 0.573 e. The molecule has 0 unspecified atom stereocenters. The van der Waals surface area contributed by atoms with E-state index in [2.05, 4.69) is 10.1 Å². The third-order valence-electron chi connectivity index (χ3n) is 4.48. The lowest BCUT2D eigenvalue weighted by Gasteiger charge is -2.36. The van der Waals surface area contributed by atoms with Gasteiger partial charge in [0.15, 0.2) is 0 Å². The minimum absolute atomic E-state index is 0. The first-order valence-corrected chi connectivity index (χ1v) is 8.61. The molecule has 1 saturated heterocycles. The minimum Gasteiger partial charge on any atom is -0.406 e. The van der Waals surface area contributed by atoms with Gasteiger partial charge in [0.2, 0.25) is 0 Å². The number of piperazine rings is 1. The standard InChI is InChI=1S/C19H18F6N2O.2ClH/c20-18(21,22)15-3-1-2-14(12-15)17(27-10-8-26-9-11-27)13-4-6-16(7-5-13)28-19(23,24)25;;/h1-7,12,17,26H,8-11H2;2*1H/t17-;;/m1../s1. The van der Waals surface area contributed by atoms with Gasteiger partial charge in [-0.2, -0.15) is 13.2 Å². The predicted octanol–water partition coefficient (Wildman–Crippen LogP) is 5.44. The highest BCUT2D eigenvalue weighted by molar-refractivity contribution is 5.85. The molecule has 1 atom stereocenters. The Kier molecular flexibility index (Phi) is 9.28. The van der Waals surface area contributed by atoms with E-state index in [4.69, 9.17) is 0 Å². The summed E-state index contributed by atoms with van der Waals surface area (Å²) in [4.78, 5) is 2.01. The van der Waals surface area contributed by atoms with Crippen LogP contribution in [0, 0.1) is 0 Å². The lowest BCUT2D eigenvalue weighted by molar-refractivity contribution is -0.274. The zero-order valence-electron chi connectivity index (χ0n) is 15.5. The Morgan fingerprint density at radius 2 is 1.43 bits per heavy atom. The summed E-state index contributed by atoms with van der Waals surface area (Å²) in [6, 6.07) is 9.77. The fourth-order valence-corrected chi connectivity index (χ4v) is 3.29. The topological polar surface area (TPSA) is 24.5 Å².